The van der Waals surface area contributed by atoms with Gasteiger partial charge in [0.25, 0.3) is 0 Å². The molecule has 0 unspecified atom stereocenters. The summed E-state index contributed by atoms with van der Waals surface area (Å²) >= 11 is 2.06. The molecule has 0 amide bonds. The molecule has 0 aliphatic carbocycles. The van der Waals surface area contributed by atoms with Crippen LogP contribution in [0.3, 0.4) is 0 Å². The van der Waals surface area contributed by atoms with Crippen molar-refractivity contribution in [2.45, 2.75) is 150 Å². The van der Waals surface area contributed by atoms with Crippen LogP contribution >= 0.6 is 22.7 Å². The van der Waals surface area contributed by atoms with Crippen LogP contribution in [0.2, 0.25) is 25.4 Å². The SMILES string of the molecule is CCCCCC[Si]1(CCCCCC)c2ccsc2-c2s[c]([Sn]([CH2]CCC)([CH2]CCC)[CH2]CCC)cc21. The molecule has 2 aromatic heterocycles. The van der Waals surface area contributed by atoms with Gasteiger partial charge in [0.1, 0.15) is 0 Å². The monoisotopic (exact) mass is 652 g/mol. The Labute approximate surface area is 238 Å². The molecular weight excluding hydrogens is 595 g/mol. The molecule has 0 bridgehead atoms. The number of hydrogen-bond donors (Lipinski definition) is 0. The molecule has 4 heteroatoms. The van der Waals surface area contributed by atoms with Crippen LogP contribution in [-0.4, -0.2) is 26.5 Å². The Morgan fingerprint density at radius 2 is 1.14 bits per heavy atom. The number of hydrogen-bond acceptors (Lipinski definition) is 2. The first-order valence-electron chi connectivity index (χ1n) is 15.9. The van der Waals surface area contributed by atoms with E-state index in [1.54, 1.807) is 23.1 Å². The summed E-state index contributed by atoms with van der Waals surface area (Å²) in [6.07, 6.45) is 19.9. The predicted octanol–water partition coefficient (Wildman–Crippen LogP) is 10.6. The second kappa shape index (κ2) is 15.9. The number of thiophene rings is 2. The maximum atomic E-state index is 2.95. The number of rotatable bonds is 20. The van der Waals surface area contributed by atoms with E-state index in [1.807, 2.05) is 13.3 Å². The Kier molecular flexibility index (Phi) is 13.6. The Bertz CT molecular complexity index is 849. The average Bonchev–Trinajstić information content (AvgIpc) is 3.60. The molecular formula is C32H56S2SiSn. The molecule has 0 spiro atoms. The van der Waals surface area contributed by atoms with Gasteiger partial charge in [0.05, 0.1) is 0 Å². The van der Waals surface area contributed by atoms with Gasteiger partial charge in [-0.1, -0.05) is 0 Å². The summed E-state index contributed by atoms with van der Waals surface area (Å²) in [5, 5.41) is 6.27. The van der Waals surface area contributed by atoms with Crippen molar-refractivity contribution in [1.82, 2.24) is 0 Å². The quantitative estimate of drug-likeness (QED) is 0.0988. The molecule has 0 atom stereocenters. The zero-order valence-electron chi connectivity index (χ0n) is 24.5. The molecule has 1 aliphatic heterocycles. The van der Waals surface area contributed by atoms with Crippen molar-refractivity contribution in [2.24, 2.45) is 0 Å². The molecule has 0 saturated heterocycles. The zero-order valence-corrected chi connectivity index (χ0v) is 30.0. The first-order chi connectivity index (χ1) is 17.6. The first-order valence-corrected chi connectivity index (χ1v) is 27.4. The van der Waals surface area contributed by atoms with Gasteiger partial charge in [-0.2, -0.15) is 0 Å². The van der Waals surface area contributed by atoms with E-state index in [9.17, 15) is 0 Å². The van der Waals surface area contributed by atoms with Gasteiger partial charge in [0.2, 0.25) is 0 Å². The molecule has 3 rings (SSSR count). The van der Waals surface area contributed by atoms with Crippen LogP contribution in [0.1, 0.15) is 125 Å². The summed E-state index contributed by atoms with van der Waals surface area (Å²) in [6, 6.07) is 8.59. The summed E-state index contributed by atoms with van der Waals surface area (Å²) in [5.74, 6) is 0. The van der Waals surface area contributed by atoms with Crippen LogP contribution in [0.4, 0.5) is 0 Å². The summed E-state index contributed by atoms with van der Waals surface area (Å²) in [4.78, 5) is 3.53. The third kappa shape index (κ3) is 7.13. The van der Waals surface area contributed by atoms with Gasteiger partial charge in [-0.3, -0.25) is 0 Å². The van der Waals surface area contributed by atoms with Crippen LogP contribution in [0, 0.1) is 0 Å². The normalized spacial score (nSPS) is 14.4. The van der Waals surface area contributed by atoms with Crippen LogP contribution in [0.15, 0.2) is 17.5 Å². The number of fused-ring (bicyclic) bond motifs is 3. The molecule has 0 radical (unpaired) electrons. The van der Waals surface area contributed by atoms with Crippen molar-refractivity contribution < 1.29 is 0 Å². The van der Waals surface area contributed by atoms with Gasteiger partial charge in [0, 0.05) is 0 Å². The Hall–Kier alpha value is 0.416. The standard InChI is InChI=1S/C20H29S2Si.3C4H9.Sn/c1-3-5-7-9-15-23(16-10-8-6-4-2)17-11-13-21-19(17)20-18(23)12-14-22-20;3*1-3-4-2;/h11-13H,3-10,15-16H2,1-2H3;3*1,3-4H2,2H3;. The van der Waals surface area contributed by atoms with Gasteiger partial charge in [0.15, 0.2) is 0 Å². The summed E-state index contributed by atoms with van der Waals surface area (Å²) in [7, 11) is -1.62. The van der Waals surface area contributed by atoms with E-state index in [0.717, 1.165) is 0 Å². The summed E-state index contributed by atoms with van der Waals surface area (Å²) < 4.78 is 6.85. The minimum absolute atomic E-state index is 1.35. The molecule has 0 nitrogen and oxygen atoms in total. The van der Waals surface area contributed by atoms with Crippen LogP contribution < -0.4 is 13.3 Å². The predicted molar refractivity (Wildman–Crippen MR) is 175 cm³/mol. The Morgan fingerprint density at radius 3 is 1.64 bits per heavy atom. The second-order valence-corrected chi connectivity index (χ2v) is 32.2. The van der Waals surface area contributed by atoms with Gasteiger partial charge < -0.3 is 0 Å². The Balaban J connectivity index is 2.05. The fraction of sp³-hybridized carbons (Fsp3) is 0.750. The van der Waals surface area contributed by atoms with E-state index in [0.29, 0.717) is 0 Å². The molecule has 0 aromatic carbocycles. The van der Waals surface area contributed by atoms with Crippen molar-refractivity contribution in [2.75, 3.05) is 0 Å². The van der Waals surface area contributed by atoms with Crippen LogP contribution in [-0.2, 0) is 0 Å². The van der Waals surface area contributed by atoms with Crippen LogP contribution in [0.25, 0.3) is 9.75 Å². The minimum atomic E-state index is -2.39. The summed E-state index contributed by atoms with van der Waals surface area (Å²) in [5.41, 5.74) is 0. The molecule has 0 N–H and O–H groups in total. The third-order valence-electron chi connectivity index (χ3n) is 9.10. The number of unbranched alkanes of at least 4 members (excludes halogenated alkanes) is 9. The molecule has 0 fully saturated rings. The van der Waals surface area contributed by atoms with Gasteiger partial charge >= 0.3 is 240 Å². The molecule has 0 saturated carbocycles. The van der Waals surface area contributed by atoms with E-state index in [2.05, 4.69) is 74.8 Å². The topological polar surface area (TPSA) is 0 Å². The van der Waals surface area contributed by atoms with E-state index in [-0.39, 0.29) is 0 Å². The van der Waals surface area contributed by atoms with Gasteiger partial charge in [-0.15, -0.1) is 0 Å². The maximum absolute atomic E-state index is 2.95. The second-order valence-electron chi connectivity index (χ2n) is 11.8. The van der Waals surface area contributed by atoms with Crippen molar-refractivity contribution in [3.63, 3.8) is 0 Å². The van der Waals surface area contributed by atoms with Crippen molar-refractivity contribution in [3.8, 4) is 9.75 Å². The molecule has 1 aliphatic rings. The van der Waals surface area contributed by atoms with Crippen molar-refractivity contribution in [3.05, 3.63) is 17.5 Å². The molecule has 2 aromatic rings. The molecule has 3 heterocycles. The van der Waals surface area contributed by atoms with E-state index >= 15 is 0 Å². The van der Waals surface area contributed by atoms with E-state index < -0.39 is 26.5 Å². The van der Waals surface area contributed by atoms with E-state index in [4.69, 9.17) is 0 Å². The van der Waals surface area contributed by atoms with E-state index in [1.165, 1.54) is 102 Å². The van der Waals surface area contributed by atoms with Gasteiger partial charge in [-0.05, 0) is 0 Å². The average molecular weight is 652 g/mol. The Morgan fingerprint density at radius 1 is 0.611 bits per heavy atom. The third-order valence-corrected chi connectivity index (χ3v) is 35.2. The fourth-order valence-corrected chi connectivity index (χ4v) is 35.6. The summed E-state index contributed by atoms with van der Waals surface area (Å²) in [6.45, 7) is 12.0. The van der Waals surface area contributed by atoms with Gasteiger partial charge in [-0.25, -0.2) is 0 Å². The van der Waals surface area contributed by atoms with Crippen molar-refractivity contribution in [1.29, 1.82) is 0 Å². The fourth-order valence-electron chi connectivity index (χ4n) is 6.84. The van der Waals surface area contributed by atoms with Crippen LogP contribution in [0.5, 0.6) is 0 Å². The van der Waals surface area contributed by atoms with Crippen molar-refractivity contribution >= 4 is 62.4 Å². The zero-order chi connectivity index (χ0) is 25.9. The first kappa shape index (κ1) is 31.0. The molecule has 36 heavy (non-hydrogen) atoms. The molecule has 204 valence electrons.